The molecule has 0 bridgehead atoms. The average Bonchev–Trinajstić information content (AvgIpc) is 2.32. The summed E-state index contributed by atoms with van der Waals surface area (Å²) in [7, 11) is 0. The summed E-state index contributed by atoms with van der Waals surface area (Å²) in [4.78, 5) is 12.3. The number of carbonyl (C=O) groups is 1. The van der Waals surface area contributed by atoms with Crippen LogP contribution in [0.1, 0.15) is 23.5 Å². The molecule has 4 heteroatoms. The van der Waals surface area contributed by atoms with Crippen LogP contribution < -0.4 is 0 Å². The molecule has 0 aliphatic heterocycles. The van der Waals surface area contributed by atoms with Gasteiger partial charge in [-0.25, -0.2) is 0 Å². The first-order chi connectivity index (χ1) is 5.54. The van der Waals surface area contributed by atoms with Gasteiger partial charge in [-0.2, -0.15) is 0 Å². The largest absolute Gasteiger partial charge is 0.293 e. The quantitative estimate of drug-likeness (QED) is 0.751. The Morgan fingerprint density at radius 2 is 2.08 bits per heavy atom. The number of Topliss-reactive ketones (excluding diaryl/α,β-unsaturated/α-hetero) is 1. The summed E-state index contributed by atoms with van der Waals surface area (Å²) in [6.07, 6.45) is 0. The molecule has 66 valence electrons. The number of hydrogen-bond acceptors (Lipinski definition) is 2. The Bertz CT molecular complexity index is 304. The Morgan fingerprint density at radius 1 is 1.50 bits per heavy atom. The van der Waals surface area contributed by atoms with Gasteiger partial charge in [0.25, 0.3) is 0 Å². The maximum absolute atomic E-state index is 11.5. The summed E-state index contributed by atoms with van der Waals surface area (Å²) >= 11 is 8.18. The maximum Gasteiger partial charge on any atom is 0.176 e. The molecule has 0 fully saturated rings. The number of hydrogen-bond donors (Lipinski definition) is 0. The topological polar surface area (TPSA) is 17.1 Å². The minimum absolute atomic E-state index is 0.0619. The van der Waals surface area contributed by atoms with Crippen molar-refractivity contribution in [2.75, 3.05) is 0 Å². The van der Waals surface area contributed by atoms with Crippen LogP contribution in [0.5, 0.6) is 0 Å². The van der Waals surface area contributed by atoms with E-state index in [-0.39, 0.29) is 11.7 Å². The van der Waals surface area contributed by atoms with E-state index in [0.29, 0.717) is 0 Å². The third-order valence-corrected chi connectivity index (χ3v) is 4.98. The fourth-order valence-electron chi connectivity index (χ4n) is 0.751. The first-order valence-corrected chi connectivity index (χ1v) is 5.97. The molecule has 0 N–H and O–H groups in total. The molecule has 0 aliphatic rings. The van der Waals surface area contributed by atoms with Gasteiger partial charge >= 0.3 is 0 Å². The molecule has 0 spiro atoms. The number of thiophene rings is 1. The second kappa shape index (κ2) is 4.03. The number of carbonyl (C=O) groups excluding carboxylic acids is 1. The Morgan fingerprint density at radius 3 is 2.42 bits per heavy atom. The highest BCUT2D eigenvalue weighted by molar-refractivity contribution is 9.13. The fourth-order valence-corrected chi connectivity index (χ4v) is 3.01. The highest BCUT2D eigenvalue weighted by Crippen LogP contribution is 2.33. The van der Waals surface area contributed by atoms with Crippen molar-refractivity contribution < 1.29 is 4.79 Å². The smallest absolute Gasteiger partial charge is 0.176 e. The summed E-state index contributed by atoms with van der Waals surface area (Å²) in [6.45, 7) is 3.81. The molecule has 1 rings (SSSR count). The van der Waals surface area contributed by atoms with Crippen molar-refractivity contribution in [3.8, 4) is 0 Å². The van der Waals surface area contributed by atoms with Crippen LogP contribution in [0.25, 0.3) is 0 Å². The van der Waals surface area contributed by atoms with E-state index in [1.165, 1.54) is 11.3 Å². The Kier molecular flexibility index (Phi) is 3.49. The second-order valence-corrected chi connectivity index (χ2v) is 5.27. The van der Waals surface area contributed by atoms with Crippen molar-refractivity contribution in [2.45, 2.75) is 13.8 Å². The van der Waals surface area contributed by atoms with E-state index in [4.69, 9.17) is 0 Å². The molecule has 0 saturated carbocycles. The molecule has 0 unspecified atom stereocenters. The molecule has 0 atom stereocenters. The third-order valence-electron chi connectivity index (χ3n) is 1.44. The van der Waals surface area contributed by atoms with Crippen molar-refractivity contribution in [3.63, 3.8) is 0 Å². The summed E-state index contributed by atoms with van der Waals surface area (Å²) in [5.41, 5.74) is 0. The molecular formula is C8H8Br2OS. The third kappa shape index (κ3) is 1.98. The zero-order valence-electron chi connectivity index (χ0n) is 6.73. The molecule has 0 amide bonds. The van der Waals surface area contributed by atoms with Crippen LogP contribution in [0, 0.1) is 5.92 Å². The number of halogens is 2. The Hall–Kier alpha value is 0.330. The van der Waals surface area contributed by atoms with E-state index in [9.17, 15) is 4.79 Å². The van der Waals surface area contributed by atoms with E-state index in [1.54, 1.807) is 0 Å². The maximum atomic E-state index is 11.5. The molecule has 1 nitrogen and oxygen atoms in total. The summed E-state index contributed by atoms with van der Waals surface area (Å²) in [6, 6.07) is 0. The Labute approximate surface area is 92.4 Å². The summed E-state index contributed by atoms with van der Waals surface area (Å²) in [5, 5.41) is 1.92. The van der Waals surface area contributed by atoms with Crippen molar-refractivity contribution in [3.05, 3.63) is 19.2 Å². The average molecular weight is 312 g/mol. The zero-order chi connectivity index (χ0) is 9.30. The molecule has 0 radical (unpaired) electrons. The van der Waals surface area contributed by atoms with Crippen molar-refractivity contribution in [1.29, 1.82) is 0 Å². The van der Waals surface area contributed by atoms with E-state index in [2.05, 4.69) is 31.9 Å². The summed E-state index contributed by atoms with van der Waals surface area (Å²) in [5.74, 6) is 0.254. The van der Waals surface area contributed by atoms with Gasteiger partial charge in [0.2, 0.25) is 0 Å². The minimum Gasteiger partial charge on any atom is -0.293 e. The summed E-state index contributed by atoms with van der Waals surface area (Å²) < 4.78 is 1.84. The van der Waals surface area contributed by atoms with Gasteiger partial charge in [0, 0.05) is 15.8 Å². The Balaban J connectivity index is 3.04. The van der Waals surface area contributed by atoms with Gasteiger partial charge in [-0.15, -0.1) is 11.3 Å². The van der Waals surface area contributed by atoms with Gasteiger partial charge in [0.1, 0.15) is 0 Å². The van der Waals surface area contributed by atoms with E-state index < -0.39 is 0 Å². The number of ketones is 1. The molecule has 0 aliphatic carbocycles. The molecule has 12 heavy (non-hydrogen) atoms. The van der Waals surface area contributed by atoms with Crippen molar-refractivity contribution in [2.24, 2.45) is 5.92 Å². The molecule has 0 aromatic carbocycles. The lowest BCUT2D eigenvalue weighted by Gasteiger charge is -2.00. The van der Waals surface area contributed by atoms with E-state index in [0.717, 1.165) is 13.8 Å². The predicted molar refractivity (Wildman–Crippen MR) is 58.9 cm³/mol. The van der Waals surface area contributed by atoms with Gasteiger partial charge in [-0.1, -0.05) is 13.8 Å². The minimum atomic E-state index is 0.0619. The molecule has 1 aromatic heterocycles. The fraction of sp³-hybridized carbons (Fsp3) is 0.375. The molecule has 1 heterocycles. The number of rotatable bonds is 2. The first kappa shape index (κ1) is 10.4. The van der Waals surface area contributed by atoms with Crippen molar-refractivity contribution >= 4 is 49.0 Å². The monoisotopic (exact) mass is 310 g/mol. The molecule has 1 aromatic rings. The van der Waals surface area contributed by atoms with Crippen LogP contribution >= 0.6 is 43.2 Å². The van der Waals surface area contributed by atoms with Crippen LogP contribution in [-0.4, -0.2) is 5.78 Å². The molecule has 0 saturated heterocycles. The predicted octanol–water partition coefficient (Wildman–Crippen LogP) is 4.11. The van der Waals surface area contributed by atoms with Crippen LogP contribution in [0.2, 0.25) is 0 Å². The zero-order valence-corrected chi connectivity index (χ0v) is 10.7. The van der Waals surface area contributed by atoms with Gasteiger partial charge in [0.05, 0.1) is 9.35 Å². The van der Waals surface area contributed by atoms with Gasteiger partial charge in [0.15, 0.2) is 5.78 Å². The SMILES string of the molecule is CC(C)C(=O)c1scc(Br)c1Br. The van der Waals surface area contributed by atoms with Gasteiger partial charge < -0.3 is 0 Å². The van der Waals surface area contributed by atoms with Gasteiger partial charge in [-0.3, -0.25) is 4.79 Å². The lowest BCUT2D eigenvalue weighted by molar-refractivity contribution is 0.0943. The lowest BCUT2D eigenvalue weighted by Crippen LogP contribution is -2.05. The van der Waals surface area contributed by atoms with Crippen LogP contribution in [0.4, 0.5) is 0 Å². The van der Waals surface area contributed by atoms with Crippen LogP contribution in [0.15, 0.2) is 14.3 Å². The van der Waals surface area contributed by atoms with Crippen LogP contribution in [-0.2, 0) is 0 Å². The van der Waals surface area contributed by atoms with Crippen LogP contribution in [0.3, 0.4) is 0 Å². The highest BCUT2D eigenvalue weighted by Gasteiger charge is 2.17. The van der Waals surface area contributed by atoms with Gasteiger partial charge in [-0.05, 0) is 31.9 Å². The lowest BCUT2D eigenvalue weighted by atomic mass is 10.1. The standard InChI is InChI=1S/C8H8Br2OS/c1-4(2)7(11)8-6(10)5(9)3-12-8/h3-4H,1-2H3. The van der Waals surface area contributed by atoms with Crippen molar-refractivity contribution in [1.82, 2.24) is 0 Å². The second-order valence-electron chi connectivity index (χ2n) is 2.75. The first-order valence-electron chi connectivity index (χ1n) is 3.50. The normalized spacial score (nSPS) is 10.8. The van der Waals surface area contributed by atoms with E-state index in [1.807, 2.05) is 19.2 Å². The van der Waals surface area contributed by atoms with E-state index >= 15 is 0 Å². The molecular weight excluding hydrogens is 304 g/mol. The highest BCUT2D eigenvalue weighted by atomic mass is 79.9.